The largest absolute Gasteiger partial charge is 0.496 e. The third-order valence-electron chi connectivity index (χ3n) is 4.20. The summed E-state index contributed by atoms with van der Waals surface area (Å²) in [6.45, 7) is 2.95. The molecule has 0 radical (unpaired) electrons. The van der Waals surface area contributed by atoms with Gasteiger partial charge in [-0.2, -0.15) is 0 Å². The Morgan fingerprint density at radius 1 is 1.29 bits per heavy atom. The Morgan fingerprint density at radius 2 is 2.12 bits per heavy atom. The fourth-order valence-corrected chi connectivity index (χ4v) is 3.68. The van der Waals surface area contributed by atoms with Crippen LogP contribution in [0.15, 0.2) is 41.8 Å². The summed E-state index contributed by atoms with van der Waals surface area (Å²) in [5.41, 5.74) is 1.05. The van der Waals surface area contributed by atoms with Crippen LogP contribution in [0.25, 0.3) is 0 Å². The fraction of sp³-hybridized carbons (Fsp3) is 0.389. The second-order valence-electron chi connectivity index (χ2n) is 5.78. The van der Waals surface area contributed by atoms with Gasteiger partial charge in [0.05, 0.1) is 19.6 Å². The number of carbonyl (C=O) groups is 1. The lowest BCUT2D eigenvalue weighted by Crippen LogP contribution is -2.36. The molecule has 1 saturated heterocycles. The molecule has 1 amide bonds. The number of benzene rings is 1. The molecule has 1 aromatic heterocycles. The number of rotatable bonds is 6. The summed E-state index contributed by atoms with van der Waals surface area (Å²) in [5.74, 6) is 1.15. The molecule has 0 bridgehead atoms. The molecule has 3 rings (SSSR count). The topological polar surface area (TPSA) is 41.6 Å². The van der Waals surface area contributed by atoms with E-state index in [0.717, 1.165) is 30.8 Å². The standard InChI is InChI=1S/C18H22N2O2S.ClH/c1-22-17-7-3-2-5-15(17)12-20(13-16-6-4-10-23-16)18(21)14-8-9-19-11-14;/h2-7,10,14,19H,8-9,11-13H2,1H3;1H. The second-order valence-corrected chi connectivity index (χ2v) is 6.81. The van der Waals surface area contributed by atoms with E-state index >= 15 is 0 Å². The summed E-state index contributed by atoms with van der Waals surface area (Å²) in [6, 6.07) is 12.0. The molecule has 1 aliphatic heterocycles. The molecule has 2 aromatic rings. The van der Waals surface area contributed by atoms with Gasteiger partial charge in [-0.15, -0.1) is 23.7 Å². The Kier molecular flexibility index (Phi) is 7.09. The lowest BCUT2D eigenvalue weighted by Gasteiger charge is -2.26. The van der Waals surface area contributed by atoms with Crippen molar-refractivity contribution in [3.8, 4) is 5.75 Å². The van der Waals surface area contributed by atoms with Crippen LogP contribution in [-0.2, 0) is 17.9 Å². The molecule has 1 aliphatic rings. The highest BCUT2D eigenvalue weighted by atomic mass is 35.5. The van der Waals surface area contributed by atoms with Crippen LogP contribution in [0.2, 0.25) is 0 Å². The van der Waals surface area contributed by atoms with Crippen LogP contribution in [0.5, 0.6) is 5.75 Å². The molecule has 1 fully saturated rings. The van der Waals surface area contributed by atoms with Crippen molar-refractivity contribution in [2.75, 3.05) is 20.2 Å². The van der Waals surface area contributed by atoms with Gasteiger partial charge in [-0.3, -0.25) is 4.79 Å². The van der Waals surface area contributed by atoms with E-state index in [1.165, 1.54) is 4.88 Å². The molecule has 0 saturated carbocycles. The van der Waals surface area contributed by atoms with E-state index in [4.69, 9.17) is 4.74 Å². The molecule has 0 aliphatic carbocycles. The third kappa shape index (κ3) is 4.50. The van der Waals surface area contributed by atoms with Crippen molar-refractivity contribution in [2.24, 2.45) is 5.92 Å². The summed E-state index contributed by atoms with van der Waals surface area (Å²) in [7, 11) is 1.67. The molecule has 2 heterocycles. The van der Waals surface area contributed by atoms with Gasteiger partial charge in [-0.05, 0) is 30.5 Å². The van der Waals surface area contributed by atoms with E-state index in [9.17, 15) is 4.79 Å². The number of nitrogens with zero attached hydrogens (tertiary/aromatic N) is 1. The SMILES string of the molecule is COc1ccccc1CN(Cc1cccs1)C(=O)C1CCNC1.Cl. The fourth-order valence-electron chi connectivity index (χ4n) is 2.97. The Morgan fingerprint density at radius 3 is 2.79 bits per heavy atom. The first-order valence-electron chi connectivity index (χ1n) is 7.91. The van der Waals surface area contributed by atoms with E-state index in [-0.39, 0.29) is 24.2 Å². The van der Waals surface area contributed by atoms with Crippen molar-refractivity contribution in [2.45, 2.75) is 19.5 Å². The van der Waals surface area contributed by atoms with E-state index in [0.29, 0.717) is 13.1 Å². The van der Waals surface area contributed by atoms with Gasteiger partial charge in [0.25, 0.3) is 0 Å². The van der Waals surface area contributed by atoms with Gasteiger partial charge in [0.1, 0.15) is 5.75 Å². The maximum absolute atomic E-state index is 12.9. The molecule has 6 heteroatoms. The molecule has 1 N–H and O–H groups in total. The monoisotopic (exact) mass is 366 g/mol. The smallest absolute Gasteiger partial charge is 0.227 e. The molecule has 24 heavy (non-hydrogen) atoms. The molecule has 130 valence electrons. The Bertz CT molecular complexity index is 642. The van der Waals surface area contributed by atoms with Crippen LogP contribution in [0.3, 0.4) is 0 Å². The summed E-state index contributed by atoms with van der Waals surface area (Å²) >= 11 is 1.69. The van der Waals surface area contributed by atoms with E-state index in [2.05, 4.69) is 16.8 Å². The first kappa shape index (κ1) is 18.8. The number of nitrogens with one attached hydrogen (secondary N) is 1. The van der Waals surface area contributed by atoms with Gasteiger partial charge in [0, 0.05) is 23.5 Å². The minimum atomic E-state index is 0. The van der Waals surface area contributed by atoms with Crippen LogP contribution >= 0.6 is 23.7 Å². The van der Waals surface area contributed by atoms with Crippen LogP contribution in [-0.4, -0.2) is 31.0 Å². The van der Waals surface area contributed by atoms with Gasteiger partial charge in [0.2, 0.25) is 5.91 Å². The third-order valence-corrected chi connectivity index (χ3v) is 5.06. The highest BCUT2D eigenvalue weighted by Crippen LogP contribution is 2.23. The van der Waals surface area contributed by atoms with Gasteiger partial charge in [-0.25, -0.2) is 0 Å². The number of amides is 1. The van der Waals surface area contributed by atoms with Crippen molar-refractivity contribution < 1.29 is 9.53 Å². The summed E-state index contributed by atoms with van der Waals surface area (Å²) < 4.78 is 5.44. The van der Waals surface area contributed by atoms with Crippen LogP contribution < -0.4 is 10.1 Å². The van der Waals surface area contributed by atoms with Gasteiger partial charge in [0.15, 0.2) is 0 Å². The number of methoxy groups -OCH3 is 1. The average Bonchev–Trinajstić information content (AvgIpc) is 3.27. The number of halogens is 1. The van der Waals surface area contributed by atoms with Gasteiger partial charge in [-0.1, -0.05) is 24.3 Å². The van der Waals surface area contributed by atoms with Crippen LogP contribution in [0, 0.1) is 5.92 Å². The number of ether oxygens (including phenoxy) is 1. The molecular weight excluding hydrogens is 344 g/mol. The van der Waals surface area contributed by atoms with E-state index < -0.39 is 0 Å². The molecule has 1 atom stereocenters. The Balaban J connectivity index is 0.00000208. The predicted molar refractivity (Wildman–Crippen MR) is 99.8 cm³/mol. The lowest BCUT2D eigenvalue weighted by atomic mass is 10.1. The molecule has 4 nitrogen and oxygen atoms in total. The number of hydrogen-bond acceptors (Lipinski definition) is 4. The Labute approximate surface area is 153 Å². The number of carbonyl (C=O) groups excluding carboxylic acids is 1. The zero-order valence-electron chi connectivity index (χ0n) is 13.7. The molecule has 1 aromatic carbocycles. The summed E-state index contributed by atoms with van der Waals surface area (Å²) in [5, 5.41) is 5.34. The quantitative estimate of drug-likeness (QED) is 0.852. The number of hydrogen-bond donors (Lipinski definition) is 1. The van der Waals surface area contributed by atoms with Crippen molar-refractivity contribution >= 4 is 29.7 Å². The normalized spacial score (nSPS) is 16.5. The molecular formula is C18H23ClN2O2S. The van der Waals surface area contributed by atoms with Gasteiger partial charge >= 0.3 is 0 Å². The minimum absolute atomic E-state index is 0. The van der Waals surface area contributed by atoms with E-state index in [1.54, 1.807) is 18.4 Å². The average molecular weight is 367 g/mol. The highest BCUT2D eigenvalue weighted by molar-refractivity contribution is 7.09. The first-order chi connectivity index (χ1) is 11.3. The predicted octanol–water partition coefficient (Wildman–Crippen LogP) is 3.32. The maximum Gasteiger partial charge on any atom is 0.227 e. The van der Waals surface area contributed by atoms with Crippen molar-refractivity contribution in [1.29, 1.82) is 0 Å². The summed E-state index contributed by atoms with van der Waals surface area (Å²) in [6.07, 6.45) is 0.922. The molecule has 0 spiro atoms. The number of thiophene rings is 1. The summed E-state index contributed by atoms with van der Waals surface area (Å²) in [4.78, 5) is 16.1. The zero-order valence-corrected chi connectivity index (χ0v) is 15.4. The van der Waals surface area contributed by atoms with Crippen LogP contribution in [0.4, 0.5) is 0 Å². The maximum atomic E-state index is 12.9. The van der Waals surface area contributed by atoms with Crippen molar-refractivity contribution in [1.82, 2.24) is 10.2 Å². The van der Waals surface area contributed by atoms with Crippen LogP contribution in [0.1, 0.15) is 16.9 Å². The van der Waals surface area contributed by atoms with Gasteiger partial charge < -0.3 is 15.0 Å². The van der Waals surface area contributed by atoms with Crippen molar-refractivity contribution in [3.63, 3.8) is 0 Å². The highest BCUT2D eigenvalue weighted by Gasteiger charge is 2.28. The Hall–Kier alpha value is -1.56. The van der Waals surface area contributed by atoms with E-state index in [1.807, 2.05) is 35.2 Å². The lowest BCUT2D eigenvalue weighted by molar-refractivity contribution is -0.136. The number of para-hydroxylation sites is 1. The first-order valence-corrected chi connectivity index (χ1v) is 8.79. The second kappa shape index (κ2) is 9.06. The molecule has 1 unspecified atom stereocenters. The zero-order chi connectivity index (χ0) is 16.1. The minimum Gasteiger partial charge on any atom is -0.496 e. The van der Waals surface area contributed by atoms with Crippen molar-refractivity contribution in [3.05, 3.63) is 52.2 Å².